The fraction of sp³-hybridized carbons (Fsp3) is 0.200. The van der Waals surface area contributed by atoms with Crippen molar-refractivity contribution in [1.29, 1.82) is 0 Å². The van der Waals surface area contributed by atoms with Crippen molar-refractivity contribution in [3.8, 4) is 5.75 Å². The van der Waals surface area contributed by atoms with Crippen molar-refractivity contribution in [2.24, 2.45) is 0 Å². The van der Waals surface area contributed by atoms with Gasteiger partial charge in [-0.2, -0.15) is 0 Å². The number of nitrogens with one attached hydrogen (secondary N) is 1. The van der Waals surface area contributed by atoms with Gasteiger partial charge in [-0.15, -0.1) is 0 Å². The molecule has 1 aromatic carbocycles. The summed E-state index contributed by atoms with van der Waals surface area (Å²) >= 11 is 3.09. The number of benzene rings is 1. The molecule has 116 valence electrons. The van der Waals surface area contributed by atoms with Crippen LogP contribution < -0.4 is 10.1 Å². The second kappa shape index (κ2) is 8.23. The van der Waals surface area contributed by atoms with Crippen molar-refractivity contribution in [2.75, 3.05) is 19.8 Å². The molecule has 2 rings (SSSR count). The number of para-hydroxylation sites is 1. The number of hydrogen-bond acceptors (Lipinski definition) is 5. The van der Waals surface area contributed by atoms with E-state index in [9.17, 15) is 9.59 Å². The van der Waals surface area contributed by atoms with E-state index in [0.29, 0.717) is 10.4 Å². The first-order valence-electron chi connectivity index (χ1n) is 6.52. The van der Waals surface area contributed by atoms with Crippen LogP contribution >= 0.6 is 15.9 Å². The van der Waals surface area contributed by atoms with E-state index in [1.165, 1.54) is 6.07 Å². The Hall–Kier alpha value is -2.28. The number of furan rings is 1. The highest BCUT2D eigenvalue weighted by Crippen LogP contribution is 2.13. The molecule has 22 heavy (non-hydrogen) atoms. The highest BCUT2D eigenvalue weighted by atomic mass is 79.9. The molecule has 1 amide bonds. The highest BCUT2D eigenvalue weighted by Gasteiger charge is 2.12. The van der Waals surface area contributed by atoms with E-state index in [-0.39, 0.29) is 25.5 Å². The molecule has 0 spiro atoms. The van der Waals surface area contributed by atoms with Gasteiger partial charge in [-0.3, -0.25) is 9.59 Å². The fourth-order valence-electron chi connectivity index (χ4n) is 1.56. The molecule has 0 saturated heterocycles. The minimum Gasteiger partial charge on any atom is -0.490 e. The Bertz CT molecular complexity index is 626. The van der Waals surface area contributed by atoms with Gasteiger partial charge in [-0.05, 0) is 40.2 Å². The molecule has 0 unspecified atom stereocenters. The third kappa shape index (κ3) is 5.25. The number of rotatable bonds is 7. The molecule has 1 heterocycles. The molecule has 0 aliphatic heterocycles. The van der Waals surface area contributed by atoms with Gasteiger partial charge in [0.1, 0.15) is 25.5 Å². The van der Waals surface area contributed by atoms with Gasteiger partial charge in [0, 0.05) is 0 Å². The van der Waals surface area contributed by atoms with Crippen LogP contribution in [-0.2, 0) is 9.53 Å². The summed E-state index contributed by atoms with van der Waals surface area (Å²) in [6.45, 7) is 0.118. The second-order valence-corrected chi connectivity index (χ2v) is 4.95. The Kier molecular flexibility index (Phi) is 6.02. The van der Waals surface area contributed by atoms with E-state index in [0.717, 1.165) is 0 Å². The average molecular weight is 368 g/mol. The molecule has 1 N–H and O–H groups in total. The van der Waals surface area contributed by atoms with Crippen molar-refractivity contribution in [3.05, 3.63) is 52.9 Å². The first-order valence-corrected chi connectivity index (χ1v) is 7.31. The van der Waals surface area contributed by atoms with E-state index in [1.54, 1.807) is 6.07 Å². The molecule has 0 aliphatic rings. The van der Waals surface area contributed by atoms with Crippen LogP contribution in [0.2, 0.25) is 0 Å². The number of carbonyl (C=O) groups excluding carboxylic acids is 2. The van der Waals surface area contributed by atoms with Crippen LogP contribution in [0.15, 0.2) is 51.6 Å². The standard InChI is InChI=1S/C15H14BrNO5/c16-13-7-6-12(22-13)15(19)17-10-14(18)21-9-8-20-11-4-2-1-3-5-11/h1-7H,8-10H2,(H,17,19). The van der Waals surface area contributed by atoms with Gasteiger partial charge in [-0.1, -0.05) is 18.2 Å². The molecular formula is C15H14BrNO5. The predicted octanol–water partition coefficient (Wildman–Crippen LogP) is 2.39. The Morgan fingerprint density at radius 2 is 1.86 bits per heavy atom. The average Bonchev–Trinajstić information content (AvgIpc) is 2.97. The van der Waals surface area contributed by atoms with Crippen molar-refractivity contribution in [3.63, 3.8) is 0 Å². The Morgan fingerprint density at radius 3 is 2.55 bits per heavy atom. The van der Waals surface area contributed by atoms with E-state index < -0.39 is 11.9 Å². The number of carbonyl (C=O) groups is 2. The van der Waals surface area contributed by atoms with Crippen LogP contribution in [0, 0.1) is 0 Å². The lowest BCUT2D eigenvalue weighted by molar-refractivity contribution is -0.143. The maximum atomic E-state index is 11.6. The van der Waals surface area contributed by atoms with Crippen molar-refractivity contribution >= 4 is 27.8 Å². The van der Waals surface area contributed by atoms with E-state index in [1.807, 2.05) is 30.3 Å². The summed E-state index contributed by atoms with van der Waals surface area (Å²) in [5.74, 6) is -0.207. The van der Waals surface area contributed by atoms with Gasteiger partial charge in [0.05, 0.1) is 0 Å². The zero-order valence-corrected chi connectivity index (χ0v) is 13.2. The number of ether oxygens (including phenoxy) is 2. The molecule has 0 fully saturated rings. The number of hydrogen-bond donors (Lipinski definition) is 1. The minimum absolute atomic E-state index is 0.107. The van der Waals surface area contributed by atoms with Gasteiger partial charge < -0.3 is 19.2 Å². The fourth-order valence-corrected chi connectivity index (χ4v) is 1.87. The quantitative estimate of drug-likeness (QED) is 0.600. The molecule has 0 atom stereocenters. The van der Waals surface area contributed by atoms with E-state index in [4.69, 9.17) is 13.9 Å². The van der Waals surface area contributed by atoms with Gasteiger partial charge in [0.2, 0.25) is 0 Å². The first kappa shape index (κ1) is 16.1. The first-order chi connectivity index (χ1) is 10.6. The molecule has 2 aromatic rings. The summed E-state index contributed by atoms with van der Waals surface area (Å²) in [4.78, 5) is 23.1. The monoisotopic (exact) mass is 367 g/mol. The van der Waals surface area contributed by atoms with Crippen LogP contribution in [0.3, 0.4) is 0 Å². The second-order valence-electron chi connectivity index (χ2n) is 4.17. The SMILES string of the molecule is O=C(CNC(=O)c1ccc(Br)o1)OCCOc1ccccc1. The molecule has 0 saturated carbocycles. The third-order valence-electron chi connectivity index (χ3n) is 2.55. The lowest BCUT2D eigenvalue weighted by Crippen LogP contribution is -2.31. The van der Waals surface area contributed by atoms with Crippen LogP contribution in [0.4, 0.5) is 0 Å². The predicted molar refractivity (Wildman–Crippen MR) is 81.6 cm³/mol. The molecule has 0 aliphatic carbocycles. The Labute approximate surface area is 135 Å². The minimum atomic E-state index is -0.546. The van der Waals surface area contributed by atoms with E-state index >= 15 is 0 Å². The number of amides is 1. The zero-order chi connectivity index (χ0) is 15.8. The van der Waals surface area contributed by atoms with Crippen LogP contribution in [0.1, 0.15) is 10.6 Å². The largest absolute Gasteiger partial charge is 0.490 e. The van der Waals surface area contributed by atoms with Gasteiger partial charge >= 0.3 is 5.97 Å². The molecule has 6 nitrogen and oxygen atoms in total. The van der Waals surface area contributed by atoms with Crippen LogP contribution in [-0.4, -0.2) is 31.6 Å². The molecular weight excluding hydrogens is 354 g/mol. The van der Waals surface area contributed by atoms with Gasteiger partial charge in [0.15, 0.2) is 10.4 Å². The summed E-state index contributed by atoms with van der Waals surface area (Å²) in [6.07, 6.45) is 0. The smallest absolute Gasteiger partial charge is 0.325 e. The lowest BCUT2D eigenvalue weighted by Gasteiger charge is -2.07. The highest BCUT2D eigenvalue weighted by molar-refractivity contribution is 9.10. The summed E-state index contributed by atoms with van der Waals surface area (Å²) in [7, 11) is 0. The lowest BCUT2D eigenvalue weighted by atomic mass is 10.3. The molecule has 0 bridgehead atoms. The topological polar surface area (TPSA) is 77.8 Å². The maximum Gasteiger partial charge on any atom is 0.325 e. The van der Waals surface area contributed by atoms with Gasteiger partial charge in [0.25, 0.3) is 5.91 Å². The number of esters is 1. The van der Waals surface area contributed by atoms with Crippen LogP contribution in [0.25, 0.3) is 0 Å². The summed E-state index contributed by atoms with van der Waals surface area (Å²) in [5.41, 5.74) is 0. The van der Waals surface area contributed by atoms with Gasteiger partial charge in [-0.25, -0.2) is 0 Å². The maximum absolute atomic E-state index is 11.6. The third-order valence-corrected chi connectivity index (χ3v) is 2.97. The molecule has 7 heteroatoms. The Morgan fingerprint density at radius 1 is 1.09 bits per heavy atom. The summed E-state index contributed by atoms with van der Waals surface area (Å²) in [6, 6.07) is 12.3. The van der Waals surface area contributed by atoms with Crippen molar-refractivity contribution < 1.29 is 23.5 Å². The number of halogens is 1. The van der Waals surface area contributed by atoms with E-state index in [2.05, 4.69) is 21.2 Å². The van der Waals surface area contributed by atoms with Crippen molar-refractivity contribution in [1.82, 2.24) is 5.32 Å². The normalized spacial score (nSPS) is 10.0. The molecule has 1 aromatic heterocycles. The summed E-state index contributed by atoms with van der Waals surface area (Å²) < 4.78 is 15.8. The van der Waals surface area contributed by atoms with Crippen LogP contribution in [0.5, 0.6) is 5.75 Å². The zero-order valence-electron chi connectivity index (χ0n) is 11.6. The molecule has 0 radical (unpaired) electrons. The Balaban J connectivity index is 1.61. The van der Waals surface area contributed by atoms with Crippen molar-refractivity contribution in [2.45, 2.75) is 0 Å². The summed E-state index contributed by atoms with van der Waals surface area (Å²) in [5, 5.41) is 2.40.